The van der Waals surface area contributed by atoms with Crippen molar-refractivity contribution in [3.63, 3.8) is 0 Å². The highest BCUT2D eigenvalue weighted by Crippen LogP contribution is 2.39. The maximum absolute atomic E-state index is 13.6. The Labute approximate surface area is 166 Å². The molecule has 1 saturated heterocycles. The van der Waals surface area contributed by atoms with Gasteiger partial charge in [0.25, 0.3) is 6.33 Å². The van der Waals surface area contributed by atoms with Crippen LogP contribution in [0.1, 0.15) is 18.4 Å². The van der Waals surface area contributed by atoms with E-state index in [2.05, 4.69) is 0 Å². The number of hydrogen-bond acceptors (Lipinski definition) is 1. The van der Waals surface area contributed by atoms with Crippen LogP contribution in [0.15, 0.2) is 54.6 Å². The molecule has 2 aromatic rings. The van der Waals surface area contributed by atoms with E-state index in [-0.39, 0.29) is 61.5 Å². The molecule has 0 atom stereocenters. The first-order valence-corrected chi connectivity index (χ1v) is 8.03. The van der Waals surface area contributed by atoms with E-state index in [1.807, 2.05) is 0 Å². The van der Waals surface area contributed by atoms with E-state index in [1.54, 1.807) is 53.4 Å². The number of imidazole rings is 1. The van der Waals surface area contributed by atoms with Gasteiger partial charge in [-0.1, -0.05) is 35.9 Å². The fourth-order valence-electron chi connectivity index (χ4n) is 3.12. The summed E-state index contributed by atoms with van der Waals surface area (Å²) in [5, 5.41) is 0. The van der Waals surface area contributed by atoms with Crippen LogP contribution in [-0.2, 0) is 7.05 Å². The third-order valence-electron chi connectivity index (χ3n) is 4.33. The number of aryl methyl sites for hydroxylation is 1. The molecule has 2 heterocycles. The Balaban J connectivity index is 0.00000243. The Morgan fingerprint density at radius 1 is 1.12 bits per heavy atom. The molecular formula is C18H19F3IN3O. The van der Waals surface area contributed by atoms with E-state index < -0.39 is 11.7 Å². The van der Waals surface area contributed by atoms with Crippen LogP contribution in [0.2, 0.25) is 0 Å². The number of amides is 1. The molecular weight excluding hydrogens is 458 g/mol. The van der Waals surface area contributed by atoms with Crippen molar-refractivity contribution >= 4 is 11.6 Å². The van der Waals surface area contributed by atoms with Crippen LogP contribution in [0.5, 0.6) is 0 Å². The quantitative estimate of drug-likeness (QED) is 0.432. The zero-order chi connectivity index (χ0) is 18.0. The highest BCUT2D eigenvalue weighted by Gasteiger charge is 2.38. The summed E-state index contributed by atoms with van der Waals surface area (Å²) in [6, 6.07) is 7.65. The number of hydrogen-bond donors (Lipinski definition) is 0. The first-order valence-electron chi connectivity index (χ1n) is 8.03. The molecule has 0 aliphatic carbocycles. The summed E-state index contributed by atoms with van der Waals surface area (Å²) in [7, 11) is 1.80. The van der Waals surface area contributed by atoms with Gasteiger partial charge in [-0.3, -0.25) is 0 Å². The van der Waals surface area contributed by atoms with Crippen LogP contribution in [0.25, 0.3) is 5.57 Å². The lowest BCUT2D eigenvalue weighted by Gasteiger charge is -2.29. The lowest BCUT2D eigenvalue weighted by atomic mass is 9.93. The van der Waals surface area contributed by atoms with Crippen molar-refractivity contribution in [1.29, 1.82) is 0 Å². The molecule has 1 aliphatic rings. The predicted octanol–water partition coefficient (Wildman–Crippen LogP) is 0.397. The van der Waals surface area contributed by atoms with Gasteiger partial charge in [0.1, 0.15) is 12.4 Å². The maximum Gasteiger partial charge on any atom is 0.416 e. The standard InChI is InChI=1S/C18H19F3N3O.HI/c1-22-11-12-24(13-22)17(25)23-9-7-15(8-10-23)16(18(19,20)21)14-5-3-2-4-6-14;/h2-6,11-13H,7-10H2,1H3;1H/q+1;/p-1. The Hall–Kier alpha value is -1.84. The number of aromatic nitrogens is 2. The van der Waals surface area contributed by atoms with E-state index in [9.17, 15) is 18.0 Å². The molecule has 140 valence electrons. The van der Waals surface area contributed by atoms with Crippen molar-refractivity contribution in [2.45, 2.75) is 19.0 Å². The molecule has 0 saturated carbocycles. The van der Waals surface area contributed by atoms with Gasteiger partial charge in [-0.25, -0.2) is 9.36 Å². The number of alkyl halides is 3. The minimum atomic E-state index is -4.41. The average molecular weight is 477 g/mol. The summed E-state index contributed by atoms with van der Waals surface area (Å²) in [4.78, 5) is 14.0. The monoisotopic (exact) mass is 477 g/mol. The molecule has 1 aromatic heterocycles. The molecule has 0 spiro atoms. The van der Waals surface area contributed by atoms with Crippen LogP contribution in [-0.4, -0.2) is 34.8 Å². The van der Waals surface area contributed by atoms with Crippen LogP contribution >= 0.6 is 0 Å². The highest BCUT2D eigenvalue weighted by atomic mass is 127. The molecule has 0 radical (unpaired) electrons. The van der Waals surface area contributed by atoms with Crippen molar-refractivity contribution in [1.82, 2.24) is 9.47 Å². The molecule has 26 heavy (non-hydrogen) atoms. The summed E-state index contributed by atoms with van der Waals surface area (Å²) < 4.78 is 43.9. The number of rotatable bonds is 1. The van der Waals surface area contributed by atoms with Gasteiger partial charge in [-0.2, -0.15) is 17.7 Å². The SMILES string of the molecule is C[n+]1ccn(C(=O)N2CCC(=C(c3ccccc3)C(F)(F)F)CC2)c1.[I-]. The third-order valence-corrected chi connectivity index (χ3v) is 4.33. The fourth-order valence-corrected chi connectivity index (χ4v) is 3.12. The summed E-state index contributed by atoms with van der Waals surface area (Å²) in [6.07, 6.45) is 1.06. The van der Waals surface area contributed by atoms with Gasteiger partial charge in [0.15, 0.2) is 0 Å². The van der Waals surface area contributed by atoms with Gasteiger partial charge < -0.3 is 28.9 Å². The van der Waals surface area contributed by atoms with E-state index in [0.29, 0.717) is 5.57 Å². The summed E-state index contributed by atoms with van der Waals surface area (Å²) in [5.41, 5.74) is -0.0180. The lowest BCUT2D eigenvalue weighted by Crippen LogP contribution is -3.00. The Morgan fingerprint density at radius 2 is 1.73 bits per heavy atom. The first-order chi connectivity index (χ1) is 11.9. The van der Waals surface area contributed by atoms with E-state index in [0.717, 1.165) is 0 Å². The van der Waals surface area contributed by atoms with Gasteiger partial charge in [0, 0.05) is 13.1 Å². The molecule has 0 bridgehead atoms. The molecule has 8 heteroatoms. The maximum atomic E-state index is 13.6. The minimum Gasteiger partial charge on any atom is -1.00 e. The smallest absolute Gasteiger partial charge is 0.416 e. The van der Waals surface area contributed by atoms with Crippen LogP contribution in [0, 0.1) is 0 Å². The third kappa shape index (κ3) is 4.46. The van der Waals surface area contributed by atoms with Crippen molar-refractivity contribution in [2.24, 2.45) is 7.05 Å². The molecule has 3 rings (SSSR count). The topological polar surface area (TPSA) is 29.1 Å². The van der Waals surface area contributed by atoms with Crippen molar-refractivity contribution < 1.29 is 46.5 Å². The number of allylic oxidation sites excluding steroid dienone is 1. The fraction of sp³-hybridized carbons (Fsp3) is 0.333. The second-order valence-electron chi connectivity index (χ2n) is 6.10. The van der Waals surface area contributed by atoms with Gasteiger partial charge in [-0.05, 0) is 18.4 Å². The van der Waals surface area contributed by atoms with Crippen molar-refractivity contribution in [3.05, 3.63) is 60.2 Å². The van der Waals surface area contributed by atoms with E-state index >= 15 is 0 Å². The number of carbonyl (C=O) groups excluding carboxylic acids is 1. The number of carbonyl (C=O) groups is 1. The number of nitrogens with zero attached hydrogens (tertiary/aromatic N) is 3. The van der Waals surface area contributed by atoms with Gasteiger partial charge in [-0.15, -0.1) is 0 Å². The minimum absolute atomic E-state index is 0. The molecule has 4 nitrogen and oxygen atoms in total. The number of piperidine rings is 1. The molecule has 1 amide bonds. The summed E-state index contributed by atoms with van der Waals surface area (Å²) >= 11 is 0. The van der Waals surface area contributed by atoms with Crippen LogP contribution < -0.4 is 28.5 Å². The number of halogens is 4. The largest absolute Gasteiger partial charge is 1.00 e. The molecule has 0 unspecified atom stereocenters. The number of likely N-dealkylation sites (tertiary alicyclic amines) is 1. The van der Waals surface area contributed by atoms with E-state index in [4.69, 9.17) is 0 Å². The first kappa shape index (κ1) is 20.5. The van der Waals surface area contributed by atoms with E-state index in [1.165, 1.54) is 16.7 Å². The molecule has 1 aromatic carbocycles. The van der Waals surface area contributed by atoms with Crippen LogP contribution in [0.3, 0.4) is 0 Å². The van der Waals surface area contributed by atoms with Gasteiger partial charge in [0.2, 0.25) is 0 Å². The van der Waals surface area contributed by atoms with Gasteiger partial charge >= 0.3 is 12.2 Å². The zero-order valence-corrected chi connectivity index (χ0v) is 16.4. The normalized spacial score (nSPS) is 14.8. The highest BCUT2D eigenvalue weighted by molar-refractivity contribution is 5.77. The van der Waals surface area contributed by atoms with Crippen molar-refractivity contribution in [2.75, 3.05) is 13.1 Å². The summed E-state index contributed by atoms with van der Waals surface area (Å²) in [5.74, 6) is 0. The Kier molecular flexibility index (Phi) is 6.48. The predicted molar refractivity (Wildman–Crippen MR) is 86.6 cm³/mol. The lowest BCUT2D eigenvalue weighted by molar-refractivity contribution is -0.670. The number of benzene rings is 1. The van der Waals surface area contributed by atoms with Crippen LogP contribution in [0.4, 0.5) is 18.0 Å². The average Bonchev–Trinajstić information content (AvgIpc) is 3.01. The molecule has 1 aliphatic heterocycles. The summed E-state index contributed by atoms with van der Waals surface area (Å²) in [6.45, 7) is 0.560. The molecule has 1 fully saturated rings. The van der Waals surface area contributed by atoms with Crippen molar-refractivity contribution in [3.8, 4) is 0 Å². The second kappa shape index (κ2) is 8.24. The Bertz CT molecular complexity index is 790. The van der Waals surface area contributed by atoms with Gasteiger partial charge in [0.05, 0.1) is 12.6 Å². The second-order valence-corrected chi connectivity index (χ2v) is 6.10. The molecule has 0 N–H and O–H groups in total. The Morgan fingerprint density at radius 3 is 2.23 bits per heavy atom. The zero-order valence-electron chi connectivity index (χ0n) is 14.2.